The molecule has 0 heterocycles. The highest BCUT2D eigenvalue weighted by atomic mass is 19.1. The molecular weight excluding hydrogens is 215 g/mol. The average molecular weight is 228 g/mol. The topological polar surface area (TPSA) is 66.6 Å². The number of nitro benzene ring substituents is 1. The molecule has 0 saturated heterocycles. The van der Waals surface area contributed by atoms with E-state index in [0.29, 0.717) is 0 Å². The molecule has 1 unspecified atom stereocenters. The number of aliphatic hydroxyl groups is 1. The van der Waals surface area contributed by atoms with E-state index < -0.39 is 16.8 Å². The fraction of sp³-hybridized carbons (Fsp3) is 0.400. The smallest absolute Gasteiger partial charge is 0.272 e. The van der Waals surface area contributed by atoms with E-state index in [9.17, 15) is 14.5 Å². The monoisotopic (exact) mass is 228 g/mol. The number of anilines is 1. The number of nitrogens with zero attached hydrogens (tertiary/aromatic N) is 2. The third-order valence-electron chi connectivity index (χ3n) is 2.09. The van der Waals surface area contributed by atoms with Crippen LogP contribution < -0.4 is 4.90 Å². The van der Waals surface area contributed by atoms with Gasteiger partial charge in [-0.05, 0) is 13.0 Å². The minimum absolute atomic E-state index is 0.228. The van der Waals surface area contributed by atoms with Crippen molar-refractivity contribution >= 4 is 11.4 Å². The van der Waals surface area contributed by atoms with Gasteiger partial charge in [-0.2, -0.15) is 0 Å². The quantitative estimate of drug-likeness (QED) is 0.627. The van der Waals surface area contributed by atoms with Crippen molar-refractivity contribution in [2.24, 2.45) is 0 Å². The van der Waals surface area contributed by atoms with E-state index in [4.69, 9.17) is 5.11 Å². The predicted molar refractivity (Wildman–Crippen MR) is 58.0 cm³/mol. The van der Waals surface area contributed by atoms with Crippen molar-refractivity contribution in [1.82, 2.24) is 0 Å². The van der Waals surface area contributed by atoms with Crippen LogP contribution in [0.15, 0.2) is 18.2 Å². The van der Waals surface area contributed by atoms with Crippen molar-refractivity contribution in [1.29, 1.82) is 0 Å². The number of benzene rings is 1. The summed E-state index contributed by atoms with van der Waals surface area (Å²) in [6.45, 7) is 1.84. The van der Waals surface area contributed by atoms with Crippen molar-refractivity contribution in [3.8, 4) is 0 Å². The molecule has 0 radical (unpaired) electrons. The molecule has 0 aliphatic rings. The van der Waals surface area contributed by atoms with Crippen molar-refractivity contribution in [3.05, 3.63) is 34.1 Å². The fourth-order valence-electron chi connectivity index (χ4n) is 1.41. The second kappa shape index (κ2) is 4.89. The molecule has 1 aromatic rings. The molecule has 6 heteroatoms. The van der Waals surface area contributed by atoms with Crippen LogP contribution in [-0.4, -0.2) is 29.7 Å². The molecule has 0 aliphatic carbocycles. The summed E-state index contributed by atoms with van der Waals surface area (Å²) in [5.74, 6) is -0.669. The molecule has 1 atom stereocenters. The van der Waals surface area contributed by atoms with Gasteiger partial charge in [0.25, 0.3) is 5.69 Å². The summed E-state index contributed by atoms with van der Waals surface area (Å²) in [4.78, 5) is 11.2. The number of hydrogen-bond donors (Lipinski definition) is 1. The molecule has 0 saturated carbocycles. The Balaban J connectivity index is 2.94. The molecule has 16 heavy (non-hydrogen) atoms. The first-order valence-corrected chi connectivity index (χ1v) is 4.75. The van der Waals surface area contributed by atoms with Gasteiger partial charge < -0.3 is 10.0 Å². The number of likely N-dealkylation sites (N-methyl/N-ethyl adjacent to an activating group) is 1. The van der Waals surface area contributed by atoms with Crippen LogP contribution in [0.1, 0.15) is 6.92 Å². The lowest BCUT2D eigenvalue weighted by atomic mass is 10.2. The van der Waals surface area contributed by atoms with E-state index in [-0.39, 0.29) is 17.9 Å². The highest BCUT2D eigenvalue weighted by molar-refractivity contribution is 5.51. The van der Waals surface area contributed by atoms with E-state index in [1.807, 2.05) is 0 Å². The molecule has 0 spiro atoms. The van der Waals surface area contributed by atoms with Gasteiger partial charge in [0, 0.05) is 19.7 Å². The molecule has 1 N–H and O–H groups in total. The Hall–Kier alpha value is -1.69. The minimum Gasteiger partial charge on any atom is -0.392 e. The Kier molecular flexibility index (Phi) is 3.78. The van der Waals surface area contributed by atoms with Crippen LogP contribution in [0.3, 0.4) is 0 Å². The average Bonchev–Trinajstić information content (AvgIpc) is 2.15. The fourth-order valence-corrected chi connectivity index (χ4v) is 1.41. The van der Waals surface area contributed by atoms with Gasteiger partial charge in [-0.1, -0.05) is 0 Å². The number of hydrogen-bond acceptors (Lipinski definition) is 4. The molecule has 1 aromatic carbocycles. The standard InChI is InChI=1S/C10H13FN2O3/c1-7(14)6-12(2)10-4-3-8(13(15)16)5-9(10)11/h3-5,7,14H,6H2,1-2H3. The number of nitro groups is 1. The van der Waals surface area contributed by atoms with E-state index in [0.717, 1.165) is 6.07 Å². The predicted octanol–water partition coefficient (Wildman–Crippen LogP) is 1.55. The van der Waals surface area contributed by atoms with Crippen LogP contribution in [0.2, 0.25) is 0 Å². The zero-order chi connectivity index (χ0) is 12.3. The highest BCUT2D eigenvalue weighted by Gasteiger charge is 2.14. The SMILES string of the molecule is CC(O)CN(C)c1ccc([N+](=O)[O-])cc1F. The summed E-state index contributed by atoms with van der Waals surface area (Å²) in [6.07, 6.45) is -0.598. The zero-order valence-electron chi connectivity index (χ0n) is 9.05. The molecule has 5 nitrogen and oxygen atoms in total. The Labute approximate surface area is 92.3 Å². The zero-order valence-corrected chi connectivity index (χ0v) is 9.05. The van der Waals surface area contributed by atoms with E-state index in [2.05, 4.69) is 0 Å². The van der Waals surface area contributed by atoms with Crippen LogP contribution in [-0.2, 0) is 0 Å². The first-order chi connectivity index (χ1) is 7.41. The second-order valence-corrected chi connectivity index (χ2v) is 3.62. The molecular formula is C10H13FN2O3. The maximum atomic E-state index is 13.5. The van der Waals surface area contributed by atoms with Crippen LogP contribution in [0, 0.1) is 15.9 Å². The Morgan fingerprint density at radius 3 is 2.69 bits per heavy atom. The maximum absolute atomic E-state index is 13.5. The van der Waals surface area contributed by atoms with Gasteiger partial charge in [-0.15, -0.1) is 0 Å². The third kappa shape index (κ3) is 2.90. The van der Waals surface area contributed by atoms with Crippen molar-refractivity contribution in [2.45, 2.75) is 13.0 Å². The van der Waals surface area contributed by atoms with Gasteiger partial charge in [-0.25, -0.2) is 4.39 Å². The van der Waals surface area contributed by atoms with E-state index in [1.165, 1.54) is 17.0 Å². The summed E-state index contributed by atoms with van der Waals surface area (Å²) in [6, 6.07) is 3.43. The molecule has 0 amide bonds. The van der Waals surface area contributed by atoms with Gasteiger partial charge in [-0.3, -0.25) is 10.1 Å². The largest absolute Gasteiger partial charge is 0.392 e. The molecule has 0 aliphatic heterocycles. The number of aliphatic hydroxyl groups excluding tert-OH is 1. The third-order valence-corrected chi connectivity index (χ3v) is 2.09. The van der Waals surface area contributed by atoms with Gasteiger partial charge in [0.15, 0.2) is 5.82 Å². The summed E-state index contributed by atoms with van der Waals surface area (Å²) in [5, 5.41) is 19.5. The summed E-state index contributed by atoms with van der Waals surface area (Å²) in [7, 11) is 1.61. The molecule has 1 rings (SSSR count). The van der Waals surface area contributed by atoms with Crippen LogP contribution in [0.5, 0.6) is 0 Å². The normalized spacial score (nSPS) is 12.2. The summed E-state index contributed by atoms with van der Waals surface area (Å²) in [5.41, 5.74) is -0.0572. The van der Waals surface area contributed by atoms with E-state index >= 15 is 0 Å². The summed E-state index contributed by atoms with van der Waals surface area (Å²) >= 11 is 0. The van der Waals surface area contributed by atoms with E-state index in [1.54, 1.807) is 14.0 Å². The van der Waals surface area contributed by atoms with Crippen LogP contribution in [0.4, 0.5) is 15.8 Å². The van der Waals surface area contributed by atoms with Gasteiger partial charge in [0.05, 0.1) is 22.8 Å². The Morgan fingerprint density at radius 1 is 1.62 bits per heavy atom. The molecule has 0 fully saturated rings. The lowest BCUT2D eigenvalue weighted by Gasteiger charge is -2.21. The van der Waals surface area contributed by atoms with Gasteiger partial charge >= 0.3 is 0 Å². The summed E-state index contributed by atoms with van der Waals surface area (Å²) < 4.78 is 13.5. The Morgan fingerprint density at radius 2 is 2.25 bits per heavy atom. The van der Waals surface area contributed by atoms with Gasteiger partial charge in [0.1, 0.15) is 0 Å². The maximum Gasteiger partial charge on any atom is 0.272 e. The lowest BCUT2D eigenvalue weighted by molar-refractivity contribution is -0.385. The Bertz CT molecular complexity index is 396. The number of rotatable bonds is 4. The number of halogens is 1. The van der Waals surface area contributed by atoms with Crippen LogP contribution in [0.25, 0.3) is 0 Å². The molecule has 88 valence electrons. The first kappa shape index (κ1) is 12.4. The lowest BCUT2D eigenvalue weighted by Crippen LogP contribution is -2.27. The second-order valence-electron chi connectivity index (χ2n) is 3.62. The highest BCUT2D eigenvalue weighted by Crippen LogP contribution is 2.23. The van der Waals surface area contributed by atoms with Crippen molar-refractivity contribution in [3.63, 3.8) is 0 Å². The van der Waals surface area contributed by atoms with Gasteiger partial charge in [0.2, 0.25) is 0 Å². The molecule has 0 bridgehead atoms. The van der Waals surface area contributed by atoms with Crippen LogP contribution >= 0.6 is 0 Å². The molecule has 0 aromatic heterocycles. The van der Waals surface area contributed by atoms with Crippen molar-refractivity contribution in [2.75, 3.05) is 18.5 Å². The first-order valence-electron chi connectivity index (χ1n) is 4.75. The minimum atomic E-state index is -0.669. The van der Waals surface area contributed by atoms with Crippen molar-refractivity contribution < 1.29 is 14.4 Å². The number of non-ortho nitro benzene ring substituents is 1.